The van der Waals surface area contributed by atoms with Gasteiger partial charge >= 0.3 is 0 Å². The quantitative estimate of drug-likeness (QED) is 0.872. The number of hydrogen-bond acceptors (Lipinski definition) is 3. The van der Waals surface area contributed by atoms with E-state index in [4.69, 9.17) is 0 Å². The number of nitrogens with zero attached hydrogens (tertiary/aromatic N) is 2. The minimum Gasteiger partial charge on any atom is -0.370 e. The number of amides is 1. The van der Waals surface area contributed by atoms with E-state index in [0.29, 0.717) is 11.5 Å². The molecule has 1 aromatic heterocycles. The summed E-state index contributed by atoms with van der Waals surface area (Å²) in [5.74, 6) is 1.28. The summed E-state index contributed by atoms with van der Waals surface area (Å²) in [7, 11) is 1.84. The Kier molecular flexibility index (Phi) is 5.13. The van der Waals surface area contributed by atoms with Crippen molar-refractivity contribution in [3.8, 4) is 0 Å². The molecule has 4 nitrogen and oxygen atoms in total. The van der Waals surface area contributed by atoms with E-state index in [9.17, 15) is 4.79 Å². The van der Waals surface area contributed by atoms with Gasteiger partial charge in [0.2, 0.25) is 0 Å². The van der Waals surface area contributed by atoms with Crippen molar-refractivity contribution in [2.24, 2.45) is 5.92 Å². The Bertz CT molecular complexity index is 416. The van der Waals surface area contributed by atoms with Gasteiger partial charge in [0.15, 0.2) is 0 Å². The molecule has 0 saturated heterocycles. The molecule has 0 atom stereocenters. The van der Waals surface area contributed by atoms with Crippen LogP contribution in [0.4, 0.5) is 5.82 Å². The highest BCUT2D eigenvalue weighted by Crippen LogP contribution is 2.12. The molecule has 0 radical (unpaired) electrons. The van der Waals surface area contributed by atoms with Crippen molar-refractivity contribution < 1.29 is 4.79 Å². The number of anilines is 1. The van der Waals surface area contributed by atoms with E-state index in [1.54, 1.807) is 4.90 Å². The lowest BCUT2D eigenvalue weighted by Crippen LogP contribution is -2.30. The van der Waals surface area contributed by atoms with Crippen LogP contribution < -0.4 is 5.32 Å². The summed E-state index contributed by atoms with van der Waals surface area (Å²) in [6, 6.07) is 3.65. The molecule has 1 N–H and O–H groups in total. The number of hydrogen-bond donors (Lipinski definition) is 1. The molecule has 0 fully saturated rings. The van der Waals surface area contributed by atoms with Crippen LogP contribution in [0.15, 0.2) is 12.1 Å². The molecule has 100 valence electrons. The summed E-state index contributed by atoms with van der Waals surface area (Å²) in [6.07, 6.45) is 0. The van der Waals surface area contributed by atoms with Gasteiger partial charge < -0.3 is 10.2 Å². The molecule has 0 aliphatic rings. The van der Waals surface area contributed by atoms with Gasteiger partial charge in [-0.15, -0.1) is 0 Å². The summed E-state index contributed by atoms with van der Waals surface area (Å²) >= 11 is 0. The first-order valence-electron chi connectivity index (χ1n) is 6.42. The van der Waals surface area contributed by atoms with Crippen molar-refractivity contribution in [2.45, 2.75) is 27.7 Å². The average Bonchev–Trinajstić information content (AvgIpc) is 2.26. The van der Waals surface area contributed by atoms with E-state index < -0.39 is 0 Å². The van der Waals surface area contributed by atoms with Crippen LogP contribution in [0.3, 0.4) is 0 Å². The minimum absolute atomic E-state index is 0.0494. The number of carbonyl (C=O) groups is 1. The fraction of sp³-hybridized carbons (Fsp3) is 0.571. The van der Waals surface area contributed by atoms with Crippen molar-refractivity contribution in [3.05, 3.63) is 23.4 Å². The topological polar surface area (TPSA) is 45.2 Å². The van der Waals surface area contributed by atoms with E-state index in [-0.39, 0.29) is 5.91 Å². The molecule has 0 aliphatic heterocycles. The highest BCUT2D eigenvalue weighted by molar-refractivity contribution is 5.94. The molecule has 4 heteroatoms. The second-order valence-electron chi connectivity index (χ2n) is 4.99. The summed E-state index contributed by atoms with van der Waals surface area (Å²) < 4.78 is 0. The molecular formula is C14H23N3O. The molecule has 18 heavy (non-hydrogen) atoms. The molecular weight excluding hydrogens is 226 g/mol. The Morgan fingerprint density at radius 1 is 1.44 bits per heavy atom. The largest absolute Gasteiger partial charge is 0.370 e. The lowest BCUT2D eigenvalue weighted by Gasteiger charge is -2.20. The second-order valence-corrected chi connectivity index (χ2v) is 4.99. The SMILES string of the molecule is CCNc1cc(C(=O)N(C)CC(C)C)cc(C)n1. The van der Waals surface area contributed by atoms with Crippen LogP contribution in [0.1, 0.15) is 36.8 Å². The molecule has 0 aromatic carbocycles. The summed E-state index contributed by atoms with van der Waals surface area (Å²) in [5.41, 5.74) is 1.55. The first-order chi connectivity index (χ1) is 8.43. The monoisotopic (exact) mass is 249 g/mol. The van der Waals surface area contributed by atoms with Gasteiger partial charge in [0.05, 0.1) is 0 Å². The minimum atomic E-state index is 0.0494. The van der Waals surface area contributed by atoms with E-state index in [1.807, 2.05) is 33.0 Å². The zero-order valence-corrected chi connectivity index (χ0v) is 11.9. The van der Waals surface area contributed by atoms with Gasteiger partial charge in [-0.3, -0.25) is 4.79 Å². The number of aryl methyl sites for hydroxylation is 1. The summed E-state index contributed by atoms with van der Waals surface area (Å²) in [4.78, 5) is 18.4. The molecule has 1 rings (SSSR count). The van der Waals surface area contributed by atoms with E-state index in [1.165, 1.54) is 0 Å². The zero-order valence-electron chi connectivity index (χ0n) is 11.9. The molecule has 0 bridgehead atoms. The van der Waals surface area contributed by atoms with Gasteiger partial charge in [-0.25, -0.2) is 4.98 Å². The standard InChI is InChI=1S/C14H23N3O/c1-6-15-13-8-12(7-11(4)16-13)14(18)17(5)9-10(2)3/h7-8,10H,6,9H2,1-5H3,(H,15,16). The highest BCUT2D eigenvalue weighted by Gasteiger charge is 2.14. The van der Waals surface area contributed by atoms with E-state index in [2.05, 4.69) is 24.1 Å². The van der Waals surface area contributed by atoms with Gasteiger partial charge in [0.1, 0.15) is 5.82 Å². The lowest BCUT2D eigenvalue weighted by atomic mass is 10.1. The Hall–Kier alpha value is -1.58. The number of rotatable bonds is 5. The van der Waals surface area contributed by atoms with E-state index >= 15 is 0 Å². The molecule has 0 aliphatic carbocycles. The van der Waals surface area contributed by atoms with Gasteiger partial charge in [-0.1, -0.05) is 13.8 Å². The fourth-order valence-corrected chi connectivity index (χ4v) is 1.91. The first-order valence-corrected chi connectivity index (χ1v) is 6.42. The number of pyridine rings is 1. The van der Waals surface area contributed by atoms with Gasteiger partial charge in [0, 0.05) is 31.4 Å². The molecule has 0 spiro atoms. The maximum Gasteiger partial charge on any atom is 0.253 e. The highest BCUT2D eigenvalue weighted by atomic mass is 16.2. The predicted molar refractivity (Wildman–Crippen MR) is 74.9 cm³/mol. The third-order valence-corrected chi connectivity index (χ3v) is 2.54. The molecule has 1 heterocycles. The van der Waals surface area contributed by atoms with Gasteiger partial charge in [-0.2, -0.15) is 0 Å². The molecule has 0 saturated carbocycles. The normalized spacial score (nSPS) is 10.6. The van der Waals surface area contributed by atoms with Gasteiger partial charge in [-0.05, 0) is 31.9 Å². The smallest absolute Gasteiger partial charge is 0.253 e. The van der Waals surface area contributed by atoms with Crippen molar-refractivity contribution >= 4 is 11.7 Å². The van der Waals surface area contributed by atoms with Crippen LogP contribution in [0.25, 0.3) is 0 Å². The molecule has 1 amide bonds. The Labute approximate surface area is 109 Å². The number of aromatic nitrogens is 1. The van der Waals surface area contributed by atoms with Crippen molar-refractivity contribution in [1.29, 1.82) is 0 Å². The van der Waals surface area contributed by atoms with Crippen LogP contribution in [0.5, 0.6) is 0 Å². The Morgan fingerprint density at radius 2 is 2.11 bits per heavy atom. The fourth-order valence-electron chi connectivity index (χ4n) is 1.91. The third-order valence-electron chi connectivity index (χ3n) is 2.54. The van der Waals surface area contributed by atoms with Crippen LogP contribution >= 0.6 is 0 Å². The number of carbonyl (C=O) groups excluding carboxylic acids is 1. The van der Waals surface area contributed by atoms with Crippen LogP contribution in [-0.4, -0.2) is 35.9 Å². The van der Waals surface area contributed by atoms with Crippen molar-refractivity contribution in [2.75, 3.05) is 25.5 Å². The maximum absolute atomic E-state index is 12.3. The second kappa shape index (κ2) is 6.38. The predicted octanol–water partition coefficient (Wildman–Crippen LogP) is 2.55. The van der Waals surface area contributed by atoms with Crippen molar-refractivity contribution in [1.82, 2.24) is 9.88 Å². The molecule has 0 unspecified atom stereocenters. The van der Waals surface area contributed by atoms with Gasteiger partial charge in [0.25, 0.3) is 5.91 Å². The Morgan fingerprint density at radius 3 is 2.67 bits per heavy atom. The average molecular weight is 249 g/mol. The third kappa shape index (κ3) is 4.02. The maximum atomic E-state index is 12.3. The first kappa shape index (κ1) is 14.5. The van der Waals surface area contributed by atoms with Crippen LogP contribution in [-0.2, 0) is 0 Å². The zero-order chi connectivity index (χ0) is 13.7. The number of nitrogens with one attached hydrogen (secondary N) is 1. The Balaban J connectivity index is 2.91. The van der Waals surface area contributed by atoms with Crippen LogP contribution in [0.2, 0.25) is 0 Å². The summed E-state index contributed by atoms with van der Waals surface area (Å²) in [6.45, 7) is 9.68. The van der Waals surface area contributed by atoms with E-state index in [0.717, 1.165) is 24.6 Å². The molecule has 1 aromatic rings. The summed E-state index contributed by atoms with van der Waals surface area (Å²) in [5, 5.41) is 3.14. The lowest BCUT2D eigenvalue weighted by molar-refractivity contribution is 0.0779. The van der Waals surface area contributed by atoms with Crippen molar-refractivity contribution in [3.63, 3.8) is 0 Å². The van der Waals surface area contributed by atoms with Crippen LogP contribution in [0, 0.1) is 12.8 Å².